The molecule has 1 aromatic heterocycles. The first kappa shape index (κ1) is 7.79. The predicted octanol–water partition coefficient (Wildman–Crippen LogP) is 0.909. The van der Waals surface area contributed by atoms with E-state index in [1.165, 1.54) is 5.56 Å². The van der Waals surface area contributed by atoms with Gasteiger partial charge in [0.05, 0.1) is 0 Å². The Morgan fingerprint density at radius 1 is 1.08 bits per heavy atom. The summed E-state index contributed by atoms with van der Waals surface area (Å²) in [4.78, 5) is 0. The maximum absolute atomic E-state index is 5.57. The quantitative estimate of drug-likeness (QED) is 0.688. The molecule has 66 valence electrons. The molecule has 0 aliphatic heterocycles. The summed E-state index contributed by atoms with van der Waals surface area (Å²) in [5.41, 5.74) is 7.54. The molecule has 0 saturated heterocycles. The lowest BCUT2D eigenvalue weighted by atomic mass is 10.2. The fourth-order valence-electron chi connectivity index (χ4n) is 1.14. The number of hydrogen-bond acceptors (Lipinski definition) is 3. The van der Waals surface area contributed by atoms with Gasteiger partial charge >= 0.3 is 0 Å². The first-order valence-electron chi connectivity index (χ1n) is 4.01. The van der Waals surface area contributed by atoms with Gasteiger partial charge in [0.1, 0.15) is 12.7 Å². The van der Waals surface area contributed by atoms with Gasteiger partial charge in [-0.25, -0.2) is 0 Å². The number of anilines is 1. The minimum atomic E-state index is 0.785. The van der Waals surface area contributed by atoms with Crippen LogP contribution in [-0.4, -0.2) is 14.8 Å². The van der Waals surface area contributed by atoms with Crippen LogP contribution in [0.25, 0.3) is 0 Å². The fraction of sp³-hybridized carbons (Fsp3) is 0.111. The third-order valence-corrected chi connectivity index (χ3v) is 1.81. The lowest BCUT2D eigenvalue weighted by Gasteiger charge is -2.01. The normalized spacial score (nSPS) is 10.2. The van der Waals surface area contributed by atoms with Crippen molar-refractivity contribution in [3.05, 3.63) is 42.5 Å². The van der Waals surface area contributed by atoms with Gasteiger partial charge < -0.3 is 10.3 Å². The smallest absolute Gasteiger partial charge is 0.119 e. The molecule has 0 bridgehead atoms. The van der Waals surface area contributed by atoms with Gasteiger partial charge in [-0.3, -0.25) is 0 Å². The number of aromatic nitrogens is 3. The second kappa shape index (κ2) is 3.26. The highest BCUT2D eigenvalue weighted by Crippen LogP contribution is 2.06. The van der Waals surface area contributed by atoms with Crippen molar-refractivity contribution >= 4 is 5.69 Å². The monoisotopic (exact) mass is 174 g/mol. The van der Waals surface area contributed by atoms with Crippen molar-refractivity contribution in [2.75, 3.05) is 5.73 Å². The van der Waals surface area contributed by atoms with Gasteiger partial charge in [0.25, 0.3) is 0 Å². The maximum atomic E-state index is 5.57. The van der Waals surface area contributed by atoms with Crippen LogP contribution >= 0.6 is 0 Å². The van der Waals surface area contributed by atoms with E-state index in [0.29, 0.717) is 0 Å². The van der Waals surface area contributed by atoms with Gasteiger partial charge in [-0.15, -0.1) is 10.2 Å². The number of nitrogen functional groups attached to an aromatic ring is 1. The van der Waals surface area contributed by atoms with Crippen LogP contribution in [0.4, 0.5) is 5.69 Å². The molecule has 2 N–H and O–H groups in total. The molecule has 0 saturated carbocycles. The molecule has 4 heteroatoms. The molecule has 0 amide bonds. The van der Waals surface area contributed by atoms with E-state index in [1.807, 2.05) is 28.8 Å². The van der Waals surface area contributed by atoms with E-state index in [-0.39, 0.29) is 0 Å². The molecule has 0 fully saturated rings. The zero-order valence-corrected chi connectivity index (χ0v) is 7.09. The van der Waals surface area contributed by atoms with E-state index < -0.39 is 0 Å². The molecule has 0 spiro atoms. The van der Waals surface area contributed by atoms with Crippen molar-refractivity contribution in [1.82, 2.24) is 14.8 Å². The highest BCUT2D eigenvalue weighted by molar-refractivity contribution is 5.39. The first-order valence-corrected chi connectivity index (χ1v) is 4.01. The van der Waals surface area contributed by atoms with Crippen molar-refractivity contribution in [2.45, 2.75) is 6.54 Å². The zero-order valence-electron chi connectivity index (χ0n) is 7.09. The summed E-state index contributed by atoms with van der Waals surface area (Å²) in [6, 6.07) is 7.77. The maximum Gasteiger partial charge on any atom is 0.119 e. The average Bonchev–Trinajstić information content (AvgIpc) is 2.62. The van der Waals surface area contributed by atoms with Gasteiger partial charge in [-0.1, -0.05) is 12.1 Å². The van der Waals surface area contributed by atoms with Crippen molar-refractivity contribution < 1.29 is 0 Å². The highest BCUT2D eigenvalue weighted by Gasteiger charge is 1.93. The minimum absolute atomic E-state index is 0.785. The zero-order chi connectivity index (χ0) is 9.10. The lowest BCUT2D eigenvalue weighted by molar-refractivity contribution is 0.794. The van der Waals surface area contributed by atoms with Gasteiger partial charge in [-0.05, 0) is 17.7 Å². The van der Waals surface area contributed by atoms with E-state index in [1.54, 1.807) is 12.7 Å². The Kier molecular flexibility index (Phi) is 1.96. The molecule has 4 nitrogen and oxygen atoms in total. The predicted molar refractivity (Wildman–Crippen MR) is 50.0 cm³/mol. The fourth-order valence-corrected chi connectivity index (χ4v) is 1.14. The summed E-state index contributed by atoms with van der Waals surface area (Å²) in [6.07, 6.45) is 3.38. The van der Waals surface area contributed by atoms with E-state index in [0.717, 1.165) is 12.2 Å². The highest BCUT2D eigenvalue weighted by atomic mass is 15.2. The summed E-state index contributed by atoms with van der Waals surface area (Å²) >= 11 is 0. The van der Waals surface area contributed by atoms with Gasteiger partial charge in [0.2, 0.25) is 0 Å². The van der Waals surface area contributed by atoms with E-state index in [4.69, 9.17) is 5.73 Å². The van der Waals surface area contributed by atoms with Crippen LogP contribution in [0, 0.1) is 0 Å². The summed E-state index contributed by atoms with van der Waals surface area (Å²) in [7, 11) is 0. The second-order valence-corrected chi connectivity index (χ2v) is 2.88. The molecule has 2 rings (SSSR count). The van der Waals surface area contributed by atoms with Crippen LogP contribution in [0.3, 0.4) is 0 Å². The Balaban J connectivity index is 2.15. The van der Waals surface area contributed by atoms with Crippen molar-refractivity contribution in [2.24, 2.45) is 0 Å². The number of nitrogens with two attached hydrogens (primary N) is 1. The molecule has 2 aromatic rings. The minimum Gasteiger partial charge on any atom is -0.399 e. The molecule has 0 atom stereocenters. The topological polar surface area (TPSA) is 56.7 Å². The van der Waals surface area contributed by atoms with Crippen LogP contribution < -0.4 is 5.73 Å². The summed E-state index contributed by atoms with van der Waals surface area (Å²) < 4.78 is 1.91. The average molecular weight is 174 g/mol. The number of nitrogens with zero attached hydrogens (tertiary/aromatic N) is 3. The summed E-state index contributed by atoms with van der Waals surface area (Å²) in [5, 5.41) is 7.45. The van der Waals surface area contributed by atoms with Crippen LogP contribution in [0.5, 0.6) is 0 Å². The first-order chi connectivity index (χ1) is 6.34. The Bertz CT molecular complexity index is 363. The molecule has 0 aliphatic carbocycles. The lowest BCUT2D eigenvalue weighted by Crippen LogP contribution is -1.96. The van der Waals surface area contributed by atoms with Gasteiger partial charge in [0, 0.05) is 12.2 Å². The summed E-state index contributed by atoms with van der Waals surface area (Å²) in [6.45, 7) is 0.785. The Morgan fingerprint density at radius 2 is 1.69 bits per heavy atom. The number of hydrogen-bond donors (Lipinski definition) is 1. The molecule has 13 heavy (non-hydrogen) atoms. The third kappa shape index (κ3) is 1.84. The number of rotatable bonds is 2. The molecule has 0 radical (unpaired) electrons. The van der Waals surface area contributed by atoms with E-state index >= 15 is 0 Å². The van der Waals surface area contributed by atoms with Gasteiger partial charge in [-0.2, -0.15) is 0 Å². The van der Waals surface area contributed by atoms with Crippen LogP contribution in [0.1, 0.15) is 5.56 Å². The molecular weight excluding hydrogens is 164 g/mol. The summed E-state index contributed by atoms with van der Waals surface area (Å²) in [5.74, 6) is 0. The Morgan fingerprint density at radius 3 is 2.31 bits per heavy atom. The van der Waals surface area contributed by atoms with Crippen molar-refractivity contribution in [3.63, 3.8) is 0 Å². The van der Waals surface area contributed by atoms with Crippen molar-refractivity contribution in [3.8, 4) is 0 Å². The van der Waals surface area contributed by atoms with Crippen LogP contribution in [0.15, 0.2) is 36.9 Å². The Labute approximate surface area is 76.0 Å². The third-order valence-electron chi connectivity index (χ3n) is 1.81. The Hall–Kier alpha value is -1.84. The van der Waals surface area contributed by atoms with Crippen molar-refractivity contribution in [1.29, 1.82) is 0 Å². The van der Waals surface area contributed by atoms with Crippen LogP contribution in [-0.2, 0) is 6.54 Å². The molecular formula is C9H10N4. The van der Waals surface area contributed by atoms with Gasteiger partial charge in [0.15, 0.2) is 0 Å². The molecule has 1 aromatic carbocycles. The molecule has 1 heterocycles. The largest absolute Gasteiger partial charge is 0.399 e. The SMILES string of the molecule is Nc1ccc(Cn2cnnc2)cc1. The molecule has 0 unspecified atom stereocenters. The van der Waals surface area contributed by atoms with E-state index in [9.17, 15) is 0 Å². The molecule has 0 aliphatic rings. The second-order valence-electron chi connectivity index (χ2n) is 2.88. The standard InChI is InChI=1S/C9H10N4/c10-9-3-1-8(2-4-9)5-13-6-11-12-7-13/h1-4,6-7H,5,10H2. The number of benzene rings is 1. The van der Waals surface area contributed by atoms with E-state index in [2.05, 4.69) is 10.2 Å². The van der Waals surface area contributed by atoms with Crippen LogP contribution in [0.2, 0.25) is 0 Å².